The summed E-state index contributed by atoms with van der Waals surface area (Å²) in [5.74, 6) is -2.58. The Hall–Kier alpha value is -2.69. The van der Waals surface area contributed by atoms with Crippen molar-refractivity contribution >= 4 is 34.1 Å². The van der Waals surface area contributed by atoms with Gasteiger partial charge in [0.2, 0.25) is 0 Å². The van der Waals surface area contributed by atoms with Crippen LogP contribution in [-0.2, 0) is 9.59 Å². The van der Waals surface area contributed by atoms with Crippen molar-refractivity contribution in [3.8, 4) is 0 Å². The molecule has 1 aliphatic rings. The fourth-order valence-corrected chi connectivity index (χ4v) is 2.35. The minimum Gasteiger partial charge on any atom is -0.480 e. The first-order chi connectivity index (χ1) is 9.09. The molecule has 0 fully saturated rings. The highest BCUT2D eigenvalue weighted by atomic mass is 16.4. The molecule has 3 rings (SSSR count). The van der Waals surface area contributed by atoms with Crippen LogP contribution in [0.15, 0.2) is 36.4 Å². The maximum Gasteiger partial charge on any atom is 0.323 e. The fourth-order valence-electron chi connectivity index (χ4n) is 2.35. The number of carbonyl (C=O) groups excluding carboxylic acids is 2. The number of fused-ring (bicyclic) bond motifs is 3. The minimum atomic E-state index is -1.15. The molecule has 19 heavy (non-hydrogen) atoms. The molecule has 5 heteroatoms. The second-order valence-electron chi connectivity index (χ2n) is 4.29. The third-order valence-electron chi connectivity index (χ3n) is 3.16. The fraction of sp³-hybridized carbons (Fsp3) is 0.0714. The molecule has 0 unspecified atom stereocenters. The Kier molecular flexibility index (Phi) is 2.35. The first kappa shape index (κ1) is 11.4. The van der Waals surface area contributed by atoms with Crippen molar-refractivity contribution in [3.63, 3.8) is 0 Å². The van der Waals surface area contributed by atoms with E-state index in [1.165, 1.54) is 0 Å². The van der Waals surface area contributed by atoms with E-state index in [0.29, 0.717) is 16.6 Å². The van der Waals surface area contributed by atoms with E-state index in [0.717, 1.165) is 10.3 Å². The number of benzene rings is 2. The zero-order chi connectivity index (χ0) is 13.6. The van der Waals surface area contributed by atoms with E-state index in [9.17, 15) is 14.4 Å². The number of aliphatic carboxylic acids is 1. The number of rotatable bonds is 2. The molecule has 1 aliphatic heterocycles. The molecule has 0 aromatic heterocycles. The molecule has 0 saturated carbocycles. The highest BCUT2D eigenvalue weighted by Crippen LogP contribution is 2.34. The lowest BCUT2D eigenvalue weighted by Gasteiger charge is -2.13. The maximum absolute atomic E-state index is 12.0. The molecule has 2 aromatic carbocycles. The Labute approximate surface area is 108 Å². The van der Waals surface area contributed by atoms with Gasteiger partial charge in [-0.2, -0.15) is 0 Å². The van der Waals surface area contributed by atoms with E-state index < -0.39 is 24.2 Å². The van der Waals surface area contributed by atoms with Gasteiger partial charge < -0.3 is 5.11 Å². The van der Waals surface area contributed by atoms with Gasteiger partial charge in [-0.3, -0.25) is 19.3 Å². The van der Waals surface area contributed by atoms with Crippen molar-refractivity contribution in [2.24, 2.45) is 0 Å². The van der Waals surface area contributed by atoms with E-state index in [1.54, 1.807) is 24.3 Å². The molecule has 0 atom stereocenters. The standard InChI is InChI=1S/C14H9NO4/c16-11(17)7-15-10-6-5-8-3-1-2-4-9(8)12(10)13(18)14(15)19/h1-6H,7H2,(H,16,17). The molecular formula is C14H9NO4. The van der Waals surface area contributed by atoms with Crippen LogP contribution in [0.25, 0.3) is 10.8 Å². The molecule has 5 nitrogen and oxygen atoms in total. The Morgan fingerprint density at radius 3 is 2.58 bits per heavy atom. The van der Waals surface area contributed by atoms with Crippen molar-refractivity contribution in [3.05, 3.63) is 42.0 Å². The van der Waals surface area contributed by atoms with Crippen molar-refractivity contribution in [2.75, 3.05) is 11.4 Å². The second kappa shape index (κ2) is 3.91. The van der Waals surface area contributed by atoms with Gasteiger partial charge in [0.05, 0.1) is 11.3 Å². The Balaban J connectivity index is 2.26. The van der Waals surface area contributed by atoms with E-state index >= 15 is 0 Å². The van der Waals surface area contributed by atoms with Crippen LogP contribution in [0.2, 0.25) is 0 Å². The number of hydrogen-bond donors (Lipinski definition) is 1. The molecule has 0 radical (unpaired) electrons. The van der Waals surface area contributed by atoms with Gasteiger partial charge in [-0.15, -0.1) is 0 Å². The van der Waals surface area contributed by atoms with Crippen molar-refractivity contribution in [2.45, 2.75) is 0 Å². The Morgan fingerprint density at radius 1 is 1.11 bits per heavy atom. The van der Waals surface area contributed by atoms with Crippen LogP contribution >= 0.6 is 0 Å². The van der Waals surface area contributed by atoms with E-state index in [-0.39, 0.29) is 0 Å². The van der Waals surface area contributed by atoms with Crippen LogP contribution in [0.3, 0.4) is 0 Å². The molecule has 0 saturated heterocycles. The number of hydrogen-bond acceptors (Lipinski definition) is 3. The molecular weight excluding hydrogens is 246 g/mol. The maximum atomic E-state index is 12.0. The first-order valence-electron chi connectivity index (χ1n) is 5.69. The molecule has 94 valence electrons. The van der Waals surface area contributed by atoms with Crippen molar-refractivity contribution in [1.82, 2.24) is 0 Å². The number of carboxylic acids is 1. The van der Waals surface area contributed by atoms with E-state index in [4.69, 9.17) is 5.11 Å². The predicted octanol–water partition coefficient (Wildman–Crippen LogP) is 1.45. The average molecular weight is 255 g/mol. The Morgan fingerprint density at radius 2 is 1.84 bits per heavy atom. The van der Waals surface area contributed by atoms with Gasteiger partial charge in [-0.05, 0) is 16.8 Å². The number of amides is 1. The van der Waals surface area contributed by atoms with Crippen LogP contribution < -0.4 is 4.90 Å². The number of ketones is 1. The molecule has 1 amide bonds. The third-order valence-corrected chi connectivity index (χ3v) is 3.16. The van der Waals surface area contributed by atoms with Gasteiger partial charge in [0, 0.05) is 0 Å². The highest BCUT2D eigenvalue weighted by Gasteiger charge is 2.37. The molecule has 0 bridgehead atoms. The topological polar surface area (TPSA) is 74.7 Å². The minimum absolute atomic E-state index is 0.296. The van der Waals surface area contributed by atoms with Crippen LogP contribution in [-0.4, -0.2) is 29.3 Å². The Bertz CT molecular complexity index is 735. The zero-order valence-electron chi connectivity index (χ0n) is 9.79. The van der Waals surface area contributed by atoms with Crippen LogP contribution in [0.1, 0.15) is 10.4 Å². The summed E-state index contributed by atoms with van der Waals surface area (Å²) in [6.07, 6.45) is 0. The SMILES string of the molecule is O=C(O)CN1C(=O)C(=O)c2c1ccc1ccccc21. The lowest BCUT2D eigenvalue weighted by Crippen LogP contribution is -2.34. The predicted molar refractivity (Wildman–Crippen MR) is 68.3 cm³/mol. The largest absolute Gasteiger partial charge is 0.480 e. The number of anilines is 1. The first-order valence-corrected chi connectivity index (χ1v) is 5.69. The van der Waals surface area contributed by atoms with Crippen molar-refractivity contribution < 1.29 is 19.5 Å². The monoisotopic (exact) mass is 255 g/mol. The van der Waals surface area contributed by atoms with Crippen molar-refractivity contribution in [1.29, 1.82) is 0 Å². The molecule has 2 aromatic rings. The number of nitrogens with zero attached hydrogens (tertiary/aromatic N) is 1. The molecule has 1 heterocycles. The lowest BCUT2D eigenvalue weighted by molar-refractivity contribution is -0.136. The smallest absolute Gasteiger partial charge is 0.323 e. The van der Waals surface area contributed by atoms with Gasteiger partial charge in [0.1, 0.15) is 6.54 Å². The van der Waals surface area contributed by atoms with Gasteiger partial charge in [0.25, 0.3) is 11.7 Å². The third kappa shape index (κ3) is 1.59. The molecule has 0 aliphatic carbocycles. The quantitative estimate of drug-likeness (QED) is 0.824. The van der Waals surface area contributed by atoms with Gasteiger partial charge in [0.15, 0.2) is 0 Å². The van der Waals surface area contributed by atoms with Crippen LogP contribution in [0, 0.1) is 0 Å². The van der Waals surface area contributed by atoms with Crippen LogP contribution in [0.5, 0.6) is 0 Å². The summed E-state index contributed by atoms with van der Waals surface area (Å²) in [5.41, 5.74) is 0.667. The highest BCUT2D eigenvalue weighted by molar-refractivity contribution is 6.54. The summed E-state index contributed by atoms with van der Waals surface area (Å²) >= 11 is 0. The average Bonchev–Trinajstić information content (AvgIpc) is 2.64. The summed E-state index contributed by atoms with van der Waals surface area (Å²) in [6.45, 7) is -0.504. The number of Topliss-reactive ketones (excluding diaryl/α,β-unsaturated/α-hetero) is 1. The number of carboxylic acid groups (broad SMARTS) is 1. The van der Waals surface area contributed by atoms with Gasteiger partial charge in [-0.1, -0.05) is 30.3 Å². The molecule has 1 N–H and O–H groups in total. The second-order valence-corrected chi connectivity index (χ2v) is 4.29. The number of carbonyl (C=O) groups is 3. The van der Waals surface area contributed by atoms with Crippen LogP contribution in [0.4, 0.5) is 5.69 Å². The zero-order valence-corrected chi connectivity index (χ0v) is 9.79. The normalized spacial score (nSPS) is 14.0. The van der Waals surface area contributed by atoms with Gasteiger partial charge in [-0.25, -0.2) is 0 Å². The summed E-state index contributed by atoms with van der Waals surface area (Å²) in [5, 5.41) is 10.3. The van der Waals surface area contributed by atoms with E-state index in [1.807, 2.05) is 12.1 Å². The summed E-state index contributed by atoms with van der Waals surface area (Å²) in [7, 11) is 0. The summed E-state index contributed by atoms with van der Waals surface area (Å²) in [6, 6.07) is 10.6. The lowest BCUT2D eigenvalue weighted by atomic mass is 10.0. The summed E-state index contributed by atoms with van der Waals surface area (Å²) < 4.78 is 0. The van der Waals surface area contributed by atoms with E-state index in [2.05, 4.69) is 0 Å². The molecule has 0 spiro atoms. The van der Waals surface area contributed by atoms with Gasteiger partial charge >= 0.3 is 5.97 Å². The summed E-state index contributed by atoms with van der Waals surface area (Å²) in [4.78, 5) is 35.7.